The molecule has 1 aromatic rings. The number of ketones is 3. The van der Waals surface area contributed by atoms with Crippen LogP contribution in [0.1, 0.15) is 65.7 Å². The standard InChI is InChI=1S/C36H46FN5O5/c37-27-17-25-31-35(30(27)38-9-15-40-11-3-4-12-40)47-29-19-24-23(32(43)21-7-1-2-8-22(21)33(24)44)18-28(29)42(31)20-26(34(25)45)36(46)39-10-16-41-13-5-6-14-41/h1-2,7-8,20,23-25,27-31,35,38H,3-6,9-19H2,(H,39,46). The van der Waals surface area contributed by atoms with Gasteiger partial charge in [0, 0.05) is 61.3 Å². The van der Waals surface area contributed by atoms with Crippen molar-refractivity contribution in [2.45, 2.75) is 81.5 Å². The molecule has 7 aliphatic rings. The highest BCUT2D eigenvalue weighted by Crippen LogP contribution is 2.49. The van der Waals surface area contributed by atoms with Gasteiger partial charge in [0.15, 0.2) is 17.3 Å². The van der Waals surface area contributed by atoms with Crippen molar-refractivity contribution in [2.24, 2.45) is 17.8 Å². The fourth-order valence-electron chi connectivity index (χ4n) is 9.74. The summed E-state index contributed by atoms with van der Waals surface area (Å²) >= 11 is 0. The van der Waals surface area contributed by atoms with E-state index in [2.05, 4.69) is 25.3 Å². The smallest absolute Gasteiger partial charge is 0.256 e. The highest BCUT2D eigenvalue weighted by molar-refractivity contribution is 6.20. The van der Waals surface area contributed by atoms with Crippen LogP contribution in [0.5, 0.6) is 0 Å². The van der Waals surface area contributed by atoms with Gasteiger partial charge in [0.1, 0.15) is 6.17 Å². The Morgan fingerprint density at radius 1 is 0.809 bits per heavy atom. The van der Waals surface area contributed by atoms with Crippen molar-refractivity contribution >= 4 is 23.3 Å². The Bertz CT molecular complexity index is 1460. The lowest BCUT2D eigenvalue weighted by atomic mass is 9.63. The predicted molar refractivity (Wildman–Crippen MR) is 172 cm³/mol. The van der Waals surface area contributed by atoms with Crippen LogP contribution in [0, 0.1) is 17.8 Å². The third-order valence-corrected chi connectivity index (χ3v) is 12.1. The first kappa shape index (κ1) is 31.3. The first-order valence-corrected chi connectivity index (χ1v) is 17.9. The number of ether oxygens (including phenoxy) is 1. The van der Waals surface area contributed by atoms with Crippen LogP contribution in [-0.2, 0) is 14.3 Å². The van der Waals surface area contributed by atoms with Crippen LogP contribution in [0.3, 0.4) is 0 Å². The molecule has 0 radical (unpaired) electrons. The lowest BCUT2D eigenvalue weighted by molar-refractivity contribution is -0.202. The van der Waals surface area contributed by atoms with Gasteiger partial charge in [-0.25, -0.2) is 4.39 Å². The van der Waals surface area contributed by atoms with Gasteiger partial charge in [0.05, 0.1) is 35.9 Å². The molecule has 10 nitrogen and oxygen atoms in total. The molecule has 2 saturated carbocycles. The Labute approximate surface area is 275 Å². The van der Waals surface area contributed by atoms with Gasteiger partial charge in [0.25, 0.3) is 5.91 Å². The molecule has 47 heavy (non-hydrogen) atoms. The molecule has 9 atom stereocenters. The summed E-state index contributed by atoms with van der Waals surface area (Å²) in [7, 11) is 0. The van der Waals surface area contributed by atoms with Crippen molar-refractivity contribution in [1.29, 1.82) is 0 Å². The van der Waals surface area contributed by atoms with Crippen LogP contribution in [0.2, 0.25) is 0 Å². The van der Waals surface area contributed by atoms with Gasteiger partial charge in [-0.2, -0.15) is 0 Å². The topological polar surface area (TPSA) is 111 Å². The van der Waals surface area contributed by atoms with Crippen molar-refractivity contribution in [3.05, 3.63) is 47.2 Å². The molecule has 5 fully saturated rings. The third kappa shape index (κ3) is 5.56. The van der Waals surface area contributed by atoms with E-state index in [1.807, 2.05) is 0 Å². The number of nitrogens with one attached hydrogen (secondary N) is 2. The number of halogens is 1. The maximum Gasteiger partial charge on any atom is 0.256 e. The number of fused-ring (bicyclic) bond motifs is 4. The van der Waals surface area contributed by atoms with E-state index >= 15 is 4.39 Å². The van der Waals surface area contributed by atoms with E-state index in [4.69, 9.17) is 4.74 Å². The summed E-state index contributed by atoms with van der Waals surface area (Å²) in [5, 5.41) is 6.42. The van der Waals surface area contributed by atoms with E-state index in [0.29, 0.717) is 37.1 Å². The second-order valence-corrected chi connectivity index (χ2v) is 14.7. The molecular formula is C36H46FN5O5. The van der Waals surface area contributed by atoms with Gasteiger partial charge in [-0.1, -0.05) is 24.3 Å². The number of carbonyl (C=O) groups excluding carboxylic acids is 4. The van der Waals surface area contributed by atoms with E-state index < -0.39 is 54.1 Å². The molecule has 9 unspecified atom stereocenters. The van der Waals surface area contributed by atoms with Crippen molar-refractivity contribution < 1.29 is 28.3 Å². The van der Waals surface area contributed by atoms with Crippen LogP contribution in [0.25, 0.3) is 0 Å². The summed E-state index contributed by atoms with van der Waals surface area (Å²) in [5.74, 6) is -2.59. The number of alkyl halides is 1. The number of hydrogen-bond acceptors (Lipinski definition) is 9. The SMILES string of the molecule is O=C(NCCN1CCCC1)C1=CN2C3CC4C(=O)c5ccccc5C(=O)C4CC3OC3C(NCCN4CCCC4)C(F)CC(C1=O)C32. The molecule has 0 aromatic heterocycles. The van der Waals surface area contributed by atoms with E-state index in [0.717, 1.165) is 52.1 Å². The van der Waals surface area contributed by atoms with Crippen molar-refractivity contribution in [1.82, 2.24) is 25.3 Å². The van der Waals surface area contributed by atoms with Crippen LogP contribution >= 0.6 is 0 Å². The maximum absolute atomic E-state index is 16.2. The second-order valence-electron chi connectivity index (χ2n) is 14.7. The minimum absolute atomic E-state index is 0.00781. The lowest BCUT2D eigenvalue weighted by Crippen LogP contribution is -2.74. The number of rotatable bonds is 8. The minimum Gasteiger partial charge on any atom is -0.369 e. The molecule has 8 rings (SSSR count). The Morgan fingerprint density at radius 2 is 1.43 bits per heavy atom. The van der Waals surface area contributed by atoms with Crippen LogP contribution in [0.15, 0.2) is 36.0 Å². The summed E-state index contributed by atoms with van der Waals surface area (Å²) in [5.41, 5.74) is 0.982. The summed E-state index contributed by atoms with van der Waals surface area (Å²) in [6.45, 7) is 6.71. The van der Waals surface area contributed by atoms with E-state index in [1.54, 1.807) is 30.5 Å². The van der Waals surface area contributed by atoms with E-state index in [-0.39, 0.29) is 35.4 Å². The fraction of sp³-hybridized carbons (Fsp3) is 0.667. The summed E-state index contributed by atoms with van der Waals surface area (Å²) in [4.78, 5) is 61.8. The molecule has 0 bridgehead atoms. The van der Waals surface area contributed by atoms with Gasteiger partial charge < -0.3 is 30.1 Å². The number of nitrogens with zero attached hydrogens (tertiary/aromatic N) is 3. The molecule has 1 aromatic carbocycles. The monoisotopic (exact) mass is 647 g/mol. The Morgan fingerprint density at radius 3 is 2.09 bits per heavy atom. The summed E-state index contributed by atoms with van der Waals surface area (Å²) in [6.07, 6.45) is 4.67. The Hall–Kier alpha value is -2.99. The quantitative estimate of drug-likeness (QED) is 0.410. The molecule has 4 aliphatic heterocycles. The Kier molecular flexibility index (Phi) is 8.52. The average Bonchev–Trinajstić information content (AvgIpc) is 3.80. The molecule has 1 amide bonds. The van der Waals surface area contributed by atoms with Gasteiger partial charge in [0.2, 0.25) is 0 Å². The second kappa shape index (κ2) is 12.8. The first-order valence-electron chi connectivity index (χ1n) is 17.9. The van der Waals surface area contributed by atoms with Gasteiger partial charge >= 0.3 is 0 Å². The normalized spacial score (nSPS) is 36.8. The van der Waals surface area contributed by atoms with Crippen LogP contribution < -0.4 is 10.6 Å². The van der Waals surface area contributed by atoms with E-state index in [9.17, 15) is 19.2 Å². The zero-order valence-electron chi connectivity index (χ0n) is 27.0. The molecule has 0 spiro atoms. The molecule has 3 aliphatic carbocycles. The van der Waals surface area contributed by atoms with Crippen molar-refractivity contribution in [2.75, 3.05) is 52.4 Å². The minimum atomic E-state index is -1.33. The number of morpholine rings is 1. The van der Waals surface area contributed by atoms with Crippen molar-refractivity contribution in [3.63, 3.8) is 0 Å². The largest absolute Gasteiger partial charge is 0.369 e. The number of carbonyl (C=O) groups is 4. The lowest BCUT2D eigenvalue weighted by Gasteiger charge is -2.60. The number of hydrogen-bond donors (Lipinski definition) is 2. The summed E-state index contributed by atoms with van der Waals surface area (Å²) in [6, 6.07) is 5.63. The molecule has 3 saturated heterocycles. The zero-order chi connectivity index (χ0) is 32.2. The number of likely N-dealkylation sites (tertiary alicyclic amines) is 2. The highest BCUT2D eigenvalue weighted by atomic mass is 19.1. The van der Waals surface area contributed by atoms with Crippen molar-refractivity contribution in [3.8, 4) is 0 Å². The van der Waals surface area contributed by atoms with E-state index in [1.165, 1.54) is 12.8 Å². The fourth-order valence-corrected chi connectivity index (χ4v) is 9.74. The first-order chi connectivity index (χ1) is 22.9. The molecule has 2 N–H and O–H groups in total. The number of amides is 1. The Balaban J connectivity index is 1.09. The molecule has 252 valence electrons. The zero-order valence-corrected chi connectivity index (χ0v) is 27.0. The number of Topliss-reactive ketones (excluding diaryl/α,β-unsaturated/α-hetero) is 3. The average molecular weight is 648 g/mol. The highest BCUT2D eigenvalue weighted by Gasteiger charge is 2.61. The van der Waals surface area contributed by atoms with Gasteiger partial charge in [-0.05, 0) is 71.1 Å². The molecule has 11 heteroatoms. The molecule has 4 heterocycles. The maximum atomic E-state index is 16.2. The predicted octanol–water partition coefficient (Wildman–Crippen LogP) is 1.99. The number of benzene rings is 1. The third-order valence-electron chi connectivity index (χ3n) is 12.1. The van der Waals surface area contributed by atoms with Gasteiger partial charge in [-0.15, -0.1) is 0 Å². The van der Waals surface area contributed by atoms with Crippen LogP contribution in [-0.4, -0.2) is 127 Å². The summed E-state index contributed by atoms with van der Waals surface area (Å²) < 4.78 is 23.0. The van der Waals surface area contributed by atoms with Crippen LogP contribution in [0.4, 0.5) is 4.39 Å². The molecular weight excluding hydrogens is 601 g/mol. The van der Waals surface area contributed by atoms with Gasteiger partial charge in [-0.3, -0.25) is 19.2 Å².